The molecule has 0 radical (unpaired) electrons. The van der Waals surface area contributed by atoms with Gasteiger partial charge in [-0.15, -0.1) is 0 Å². The molecule has 5 aromatic carbocycles. The van der Waals surface area contributed by atoms with Crippen molar-refractivity contribution >= 4 is 56.2 Å². The second-order valence-electron chi connectivity index (χ2n) is 14.1. The van der Waals surface area contributed by atoms with Crippen molar-refractivity contribution in [2.24, 2.45) is 11.7 Å². The first-order chi connectivity index (χ1) is 27.7. The van der Waals surface area contributed by atoms with Gasteiger partial charge in [-0.1, -0.05) is 108 Å². The molecule has 0 saturated carbocycles. The standard InChI is InChI=1S/C44H34N6O6S/c45-42(55)46-23-9-10-25-17-22-31-30(24-25)44(41(54)47-31)34(39(52)49-43-48-32-15-7-8-16-33(32)57-43)36-40(53)56-37(27-13-5-2-6-14-27)35(26-11-3-1-4-12-26)50(36)38(44)28-18-20-29(51)21-19-28/h1-8,11-22,24,34-38,51H,23H2,(H,47,54)(H3,45,46,55)(H,48,49,52). The second-order valence-corrected chi connectivity index (χ2v) is 15.1. The van der Waals surface area contributed by atoms with Gasteiger partial charge >= 0.3 is 12.0 Å². The number of aromatic hydroxyl groups is 1. The summed E-state index contributed by atoms with van der Waals surface area (Å²) in [5, 5.41) is 19.3. The quantitative estimate of drug-likeness (QED) is 0.102. The molecule has 6 aromatic rings. The number of cyclic esters (lactones) is 1. The fourth-order valence-corrected chi connectivity index (χ4v) is 9.58. The summed E-state index contributed by atoms with van der Waals surface area (Å²) in [5.74, 6) is 2.79. The van der Waals surface area contributed by atoms with Crippen LogP contribution >= 0.6 is 11.3 Å². The predicted molar refractivity (Wildman–Crippen MR) is 214 cm³/mol. The number of hydrogen-bond donors (Lipinski definition) is 5. The number of para-hydroxylation sites is 1. The number of phenolic OH excluding ortho intramolecular Hbond substituents is 1. The number of primary amides is 1. The number of carbonyl (C=O) groups excluding carboxylic acids is 4. The van der Waals surface area contributed by atoms with Gasteiger partial charge in [0, 0.05) is 11.3 Å². The molecule has 282 valence electrons. The molecule has 4 amide bonds. The van der Waals surface area contributed by atoms with Crippen molar-refractivity contribution in [2.75, 3.05) is 17.2 Å². The number of fused-ring (bicyclic) bond motifs is 4. The first-order valence-electron chi connectivity index (χ1n) is 18.3. The molecule has 12 nitrogen and oxygen atoms in total. The Balaban J connectivity index is 1.31. The minimum Gasteiger partial charge on any atom is -0.508 e. The molecule has 6 N–H and O–H groups in total. The van der Waals surface area contributed by atoms with Gasteiger partial charge in [-0.25, -0.2) is 9.78 Å². The van der Waals surface area contributed by atoms with E-state index in [0.717, 1.165) is 15.8 Å². The zero-order valence-corrected chi connectivity index (χ0v) is 30.9. The number of aromatic nitrogens is 1. The van der Waals surface area contributed by atoms with Gasteiger partial charge in [-0.05, 0) is 64.7 Å². The van der Waals surface area contributed by atoms with E-state index < -0.39 is 59.4 Å². The van der Waals surface area contributed by atoms with Crippen LogP contribution in [0.2, 0.25) is 0 Å². The molecule has 57 heavy (non-hydrogen) atoms. The maximum absolute atomic E-state index is 15.3. The first kappa shape index (κ1) is 35.7. The van der Waals surface area contributed by atoms with Crippen LogP contribution in [0.25, 0.3) is 10.2 Å². The molecule has 3 aliphatic heterocycles. The number of esters is 1. The Morgan fingerprint density at radius 1 is 0.877 bits per heavy atom. The average Bonchev–Trinajstić information content (AvgIpc) is 3.87. The third kappa shape index (κ3) is 6.03. The number of phenols is 1. The highest BCUT2D eigenvalue weighted by Gasteiger charge is 2.74. The zero-order chi connectivity index (χ0) is 39.3. The van der Waals surface area contributed by atoms with Crippen molar-refractivity contribution in [3.05, 3.63) is 155 Å². The van der Waals surface area contributed by atoms with E-state index in [9.17, 15) is 14.7 Å². The molecule has 0 bridgehead atoms. The van der Waals surface area contributed by atoms with Crippen molar-refractivity contribution in [1.82, 2.24) is 15.2 Å². The first-order valence-corrected chi connectivity index (χ1v) is 19.1. The predicted octanol–water partition coefficient (Wildman–Crippen LogP) is 5.93. The molecule has 4 heterocycles. The number of nitrogens with one attached hydrogen (secondary N) is 3. The molecule has 1 aromatic heterocycles. The maximum atomic E-state index is 15.3. The molecule has 6 unspecified atom stereocenters. The van der Waals surface area contributed by atoms with E-state index in [0.29, 0.717) is 33.0 Å². The highest BCUT2D eigenvalue weighted by Crippen LogP contribution is 2.65. The lowest BCUT2D eigenvalue weighted by molar-refractivity contribution is -0.177. The van der Waals surface area contributed by atoms with Gasteiger partial charge < -0.3 is 31.5 Å². The molecular formula is C44H34N6O6S. The number of anilines is 2. The highest BCUT2D eigenvalue weighted by atomic mass is 32.1. The smallest absolute Gasteiger partial charge is 0.324 e. The summed E-state index contributed by atoms with van der Waals surface area (Å²) in [7, 11) is 0. The second kappa shape index (κ2) is 14.2. The summed E-state index contributed by atoms with van der Waals surface area (Å²) >= 11 is 1.28. The van der Waals surface area contributed by atoms with E-state index in [-0.39, 0.29) is 12.3 Å². The Morgan fingerprint density at radius 2 is 1.58 bits per heavy atom. The van der Waals surface area contributed by atoms with Crippen molar-refractivity contribution in [3.63, 3.8) is 0 Å². The Morgan fingerprint density at radius 3 is 2.30 bits per heavy atom. The van der Waals surface area contributed by atoms with Crippen LogP contribution in [0.4, 0.5) is 15.6 Å². The number of thiazole rings is 1. The van der Waals surface area contributed by atoms with Crippen molar-refractivity contribution in [2.45, 2.75) is 29.6 Å². The number of carbonyl (C=O) groups is 4. The van der Waals surface area contributed by atoms with E-state index >= 15 is 9.59 Å². The fraction of sp³-hybridized carbons (Fsp3) is 0.159. The van der Waals surface area contributed by atoms with Crippen LogP contribution in [0.5, 0.6) is 5.75 Å². The molecule has 2 saturated heterocycles. The number of ether oxygens (including phenoxy) is 1. The summed E-state index contributed by atoms with van der Waals surface area (Å²) in [6.07, 6.45) is -0.834. The third-order valence-electron chi connectivity index (χ3n) is 10.9. The Kier molecular flexibility index (Phi) is 8.92. The lowest BCUT2D eigenvalue weighted by Gasteiger charge is -2.46. The molecule has 0 aliphatic carbocycles. The van der Waals surface area contributed by atoms with E-state index in [4.69, 9.17) is 10.5 Å². The Hall–Kier alpha value is -7.01. The largest absolute Gasteiger partial charge is 0.508 e. The highest BCUT2D eigenvalue weighted by molar-refractivity contribution is 7.22. The van der Waals surface area contributed by atoms with Crippen LogP contribution in [0.15, 0.2) is 127 Å². The maximum Gasteiger partial charge on any atom is 0.324 e. The van der Waals surface area contributed by atoms with Gasteiger partial charge in [0.15, 0.2) is 5.13 Å². The third-order valence-corrected chi connectivity index (χ3v) is 11.9. The van der Waals surface area contributed by atoms with E-state index in [1.807, 2.05) is 89.8 Å². The Labute approximate surface area is 330 Å². The molecule has 6 atom stereocenters. The summed E-state index contributed by atoms with van der Waals surface area (Å²) < 4.78 is 7.31. The summed E-state index contributed by atoms with van der Waals surface area (Å²) in [4.78, 5) is 63.5. The number of hydrogen-bond acceptors (Lipinski definition) is 9. The van der Waals surface area contributed by atoms with Crippen LogP contribution in [0.3, 0.4) is 0 Å². The summed E-state index contributed by atoms with van der Waals surface area (Å²) in [5.41, 5.74) is 7.69. The fourth-order valence-electron chi connectivity index (χ4n) is 8.71. The van der Waals surface area contributed by atoms with E-state index in [1.54, 1.807) is 30.3 Å². The molecule has 2 fully saturated rings. The van der Waals surface area contributed by atoms with Crippen LogP contribution in [0.1, 0.15) is 46.0 Å². The summed E-state index contributed by atoms with van der Waals surface area (Å²) in [6.45, 7) is -0.0145. The average molecular weight is 775 g/mol. The molecule has 3 aliphatic rings. The van der Waals surface area contributed by atoms with Crippen molar-refractivity contribution in [3.8, 4) is 17.6 Å². The lowest BCUT2D eigenvalue weighted by atomic mass is 9.65. The zero-order valence-electron chi connectivity index (χ0n) is 30.1. The molecule has 1 spiro atoms. The van der Waals surface area contributed by atoms with Crippen LogP contribution in [0, 0.1) is 17.8 Å². The topological polar surface area (TPSA) is 176 Å². The monoisotopic (exact) mass is 774 g/mol. The number of nitrogens with two attached hydrogens (primary N) is 1. The van der Waals surface area contributed by atoms with Gasteiger partial charge in [0.25, 0.3) is 0 Å². The van der Waals surface area contributed by atoms with Gasteiger partial charge in [-0.2, -0.15) is 0 Å². The van der Waals surface area contributed by atoms with Crippen LogP contribution in [-0.4, -0.2) is 51.4 Å². The number of morpholine rings is 1. The van der Waals surface area contributed by atoms with E-state index in [2.05, 4.69) is 32.8 Å². The van der Waals surface area contributed by atoms with E-state index in [1.165, 1.54) is 23.5 Å². The minimum absolute atomic E-state index is 0.00528. The van der Waals surface area contributed by atoms with Crippen LogP contribution < -0.4 is 21.7 Å². The number of amides is 4. The lowest BCUT2D eigenvalue weighted by Crippen LogP contribution is -2.53. The number of urea groups is 1. The molecule has 13 heteroatoms. The van der Waals surface area contributed by atoms with Crippen molar-refractivity contribution < 1.29 is 29.0 Å². The number of rotatable bonds is 6. The number of nitrogens with zero attached hydrogens (tertiary/aromatic N) is 2. The van der Waals surface area contributed by atoms with Gasteiger partial charge in [0.1, 0.15) is 23.3 Å². The van der Waals surface area contributed by atoms with Crippen LogP contribution in [-0.2, 0) is 24.5 Å². The molecule has 9 rings (SSSR count). The van der Waals surface area contributed by atoms with Gasteiger partial charge in [0.2, 0.25) is 11.8 Å². The minimum atomic E-state index is -1.77. The number of benzene rings is 5. The normalized spacial score (nSPS) is 23.5. The molecular weight excluding hydrogens is 741 g/mol. The summed E-state index contributed by atoms with van der Waals surface area (Å²) in [6, 6.07) is 34.5. The Bertz CT molecular complexity index is 2590. The van der Waals surface area contributed by atoms with Crippen molar-refractivity contribution in [1.29, 1.82) is 0 Å². The van der Waals surface area contributed by atoms with Gasteiger partial charge in [-0.3, -0.25) is 19.3 Å². The SMILES string of the molecule is NC(=O)NCC#Cc1ccc2c(c1)C1(C(=O)N2)C(C(=O)Nc2nc3ccccc3s2)C2C(=O)OC(c3ccccc3)C(c3ccccc3)N2C1c1ccc(O)cc1. The van der Waals surface area contributed by atoms with Gasteiger partial charge in [0.05, 0.1) is 34.8 Å².